The highest BCUT2D eigenvalue weighted by Crippen LogP contribution is 2.30. The lowest BCUT2D eigenvalue weighted by Crippen LogP contribution is -2.27. The standard InChI is InChI=1S/C22H18F3N5O2S/c1-13-4-5-15(19(31)28-18-11-16(8-9-26-18)22(23,24)25)10-14(13)6-7-17-12-27-20(33-17)29-21(32)30(2)3/h4-5,8-12H,1-3H3,(H,26,28,31)(H,27,29,32). The number of carbonyl (C=O) groups is 2. The molecule has 0 aliphatic heterocycles. The van der Waals surface area contributed by atoms with Crippen LogP contribution in [0.15, 0.2) is 42.7 Å². The van der Waals surface area contributed by atoms with E-state index in [9.17, 15) is 22.8 Å². The van der Waals surface area contributed by atoms with Crippen LogP contribution in [-0.4, -0.2) is 40.9 Å². The molecule has 7 nitrogen and oxygen atoms in total. The molecule has 0 saturated heterocycles. The number of pyridine rings is 1. The molecule has 0 radical (unpaired) electrons. The first-order valence-electron chi connectivity index (χ1n) is 9.44. The van der Waals surface area contributed by atoms with Crippen molar-refractivity contribution in [3.05, 3.63) is 69.9 Å². The Bertz CT molecular complexity index is 1260. The minimum absolute atomic E-state index is 0.208. The summed E-state index contributed by atoms with van der Waals surface area (Å²) >= 11 is 1.20. The third-order valence-corrected chi connectivity index (χ3v) is 5.10. The summed E-state index contributed by atoms with van der Waals surface area (Å²) in [6.45, 7) is 1.81. The highest BCUT2D eigenvalue weighted by molar-refractivity contribution is 7.16. The summed E-state index contributed by atoms with van der Waals surface area (Å²) < 4.78 is 38.6. The number of alkyl halides is 3. The largest absolute Gasteiger partial charge is 0.416 e. The lowest BCUT2D eigenvalue weighted by atomic mass is 10.0. The SMILES string of the molecule is Cc1ccc(C(=O)Nc2cc(C(F)(F)F)ccn2)cc1C#Cc1cnc(NC(=O)N(C)C)s1. The van der Waals surface area contributed by atoms with Crippen LogP contribution in [0.2, 0.25) is 0 Å². The summed E-state index contributed by atoms with van der Waals surface area (Å²) in [6, 6.07) is 6.06. The summed E-state index contributed by atoms with van der Waals surface area (Å²) in [5.41, 5.74) is 0.676. The summed E-state index contributed by atoms with van der Waals surface area (Å²) in [5.74, 6) is 5.07. The molecule has 0 bridgehead atoms. The van der Waals surface area contributed by atoms with Gasteiger partial charge < -0.3 is 10.2 Å². The van der Waals surface area contributed by atoms with E-state index in [1.165, 1.54) is 22.4 Å². The van der Waals surface area contributed by atoms with Gasteiger partial charge in [0.15, 0.2) is 5.13 Å². The quantitative estimate of drug-likeness (QED) is 0.544. The molecule has 2 aromatic heterocycles. The Hall–Kier alpha value is -3.91. The van der Waals surface area contributed by atoms with Crippen molar-refractivity contribution in [2.75, 3.05) is 24.7 Å². The summed E-state index contributed by atoms with van der Waals surface area (Å²) in [6.07, 6.45) is -2.04. The fraction of sp³-hybridized carbons (Fsp3) is 0.182. The topological polar surface area (TPSA) is 87.2 Å². The fourth-order valence-corrected chi connectivity index (χ4v) is 3.14. The van der Waals surface area contributed by atoms with Crippen molar-refractivity contribution in [2.24, 2.45) is 0 Å². The van der Waals surface area contributed by atoms with Crippen molar-refractivity contribution in [3.8, 4) is 11.8 Å². The number of hydrogen-bond donors (Lipinski definition) is 2. The number of thiazole rings is 1. The molecule has 0 aliphatic carbocycles. The Morgan fingerprint density at radius 3 is 2.52 bits per heavy atom. The molecule has 170 valence electrons. The smallest absolute Gasteiger partial charge is 0.331 e. The van der Waals surface area contributed by atoms with Gasteiger partial charge in [0.25, 0.3) is 5.91 Å². The molecule has 0 spiro atoms. The average molecular weight is 473 g/mol. The van der Waals surface area contributed by atoms with E-state index in [1.54, 1.807) is 32.3 Å². The van der Waals surface area contributed by atoms with Gasteiger partial charge in [-0.1, -0.05) is 23.3 Å². The van der Waals surface area contributed by atoms with Crippen molar-refractivity contribution in [3.63, 3.8) is 0 Å². The van der Waals surface area contributed by atoms with Crippen LogP contribution in [-0.2, 0) is 6.18 Å². The first-order chi connectivity index (χ1) is 15.5. The number of urea groups is 1. The van der Waals surface area contributed by atoms with Crippen molar-refractivity contribution in [2.45, 2.75) is 13.1 Å². The normalized spacial score (nSPS) is 10.7. The van der Waals surface area contributed by atoms with Crippen LogP contribution in [0.25, 0.3) is 0 Å². The molecule has 3 aromatic rings. The summed E-state index contributed by atoms with van der Waals surface area (Å²) in [4.78, 5) is 34.1. The number of benzene rings is 1. The van der Waals surface area contributed by atoms with Gasteiger partial charge in [0.1, 0.15) is 5.82 Å². The number of nitrogens with zero attached hydrogens (tertiary/aromatic N) is 3. The number of aromatic nitrogens is 2. The van der Waals surface area contributed by atoms with E-state index in [1.807, 2.05) is 6.92 Å². The van der Waals surface area contributed by atoms with Gasteiger partial charge in [0, 0.05) is 31.4 Å². The van der Waals surface area contributed by atoms with E-state index in [4.69, 9.17) is 0 Å². The van der Waals surface area contributed by atoms with E-state index in [0.29, 0.717) is 15.6 Å². The minimum atomic E-state index is -4.54. The van der Waals surface area contributed by atoms with Gasteiger partial charge >= 0.3 is 12.2 Å². The summed E-state index contributed by atoms with van der Waals surface area (Å²) in [7, 11) is 3.22. The molecular weight excluding hydrogens is 455 g/mol. The van der Waals surface area contributed by atoms with E-state index in [-0.39, 0.29) is 17.4 Å². The molecule has 0 atom stereocenters. The molecule has 33 heavy (non-hydrogen) atoms. The Balaban J connectivity index is 1.76. The summed E-state index contributed by atoms with van der Waals surface area (Å²) in [5, 5.41) is 5.40. The van der Waals surface area contributed by atoms with Crippen molar-refractivity contribution < 1.29 is 22.8 Å². The lowest BCUT2D eigenvalue weighted by molar-refractivity contribution is -0.137. The van der Waals surface area contributed by atoms with Gasteiger partial charge in [0.2, 0.25) is 0 Å². The van der Waals surface area contributed by atoms with Crippen LogP contribution in [0.3, 0.4) is 0 Å². The van der Waals surface area contributed by atoms with Gasteiger partial charge in [-0.3, -0.25) is 10.1 Å². The van der Waals surface area contributed by atoms with E-state index < -0.39 is 17.6 Å². The second kappa shape index (κ2) is 9.70. The number of carbonyl (C=O) groups excluding carboxylic acids is 2. The van der Waals surface area contributed by atoms with Crippen LogP contribution in [0.4, 0.5) is 28.9 Å². The van der Waals surface area contributed by atoms with Crippen LogP contribution in [0, 0.1) is 18.8 Å². The maximum absolute atomic E-state index is 12.9. The number of nitrogens with one attached hydrogen (secondary N) is 2. The van der Waals surface area contributed by atoms with E-state index >= 15 is 0 Å². The fourth-order valence-electron chi connectivity index (χ4n) is 2.48. The molecule has 2 N–H and O–H groups in total. The lowest BCUT2D eigenvalue weighted by Gasteiger charge is -2.09. The first-order valence-corrected chi connectivity index (χ1v) is 10.3. The highest BCUT2D eigenvalue weighted by Gasteiger charge is 2.30. The number of halogens is 3. The maximum Gasteiger partial charge on any atom is 0.416 e. The monoisotopic (exact) mass is 473 g/mol. The van der Waals surface area contributed by atoms with Crippen molar-refractivity contribution in [1.29, 1.82) is 0 Å². The molecule has 0 aliphatic rings. The Labute approximate surface area is 191 Å². The zero-order chi connectivity index (χ0) is 24.2. The number of anilines is 2. The Kier molecular flexibility index (Phi) is 6.98. The van der Waals surface area contributed by atoms with Gasteiger partial charge in [-0.05, 0) is 42.7 Å². The van der Waals surface area contributed by atoms with Gasteiger partial charge in [-0.15, -0.1) is 0 Å². The molecule has 0 unspecified atom stereocenters. The van der Waals surface area contributed by atoms with E-state index in [0.717, 1.165) is 23.9 Å². The third-order valence-electron chi connectivity index (χ3n) is 4.27. The predicted octanol–water partition coefficient (Wildman–Crippen LogP) is 4.61. The Morgan fingerprint density at radius 1 is 1.06 bits per heavy atom. The number of aryl methyl sites for hydroxylation is 1. The molecule has 11 heteroatoms. The van der Waals surface area contributed by atoms with Crippen LogP contribution >= 0.6 is 11.3 Å². The highest BCUT2D eigenvalue weighted by atomic mass is 32.1. The zero-order valence-electron chi connectivity index (χ0n) is 17.7. The third kappa shape index (κ3) is 6.30. The van der Waals surface area contributed by atoms with Crippen molar-refractivity contribution >= 4 is 34.2 Å². The average Bonchev–Trinajstić information content (AvgIpc) is 3.19. The molecule has 3 rings (SSSR count). The van der Waals surface area contributed by atoms with Crippen LogP contribution in [0.5, 0.6) is 0 Å². The predicted molar refractivity (Wildman–Crippen MR) is 119 cm³/mol. The van der Waals surface area contributed by atoms with Crippen molar-refractivity contribution in [1.82, 2.24) is 14.9 Å². The molecular formula is C22H18F3N5O2S. The molecule has 0 fully saturated rings. The van der Waals surface area contributed by atoms with Gasteiger partial charge in [-0.2, -0.15) is 13.2 Å². The number of rotatable bonds is 3. The zero-order valence-corrected chi connectivity index (χ0v) is 18.6. The Morgan fingerprint density at radius 2 is 1.82 bits per heavy atom. The molecule has 0 saturated carbocycles. The van der Waals surface area contributed by atoms with Crippen LogP contribution < -0.4 is 10.6 Å². The number of amides is 3. The van der Waals surface area contributed by atoms with Gasteiger partial charge in [-0.25, -0.2) is 14.8 Å². The molecule has 2 heterocycles. The van der Waals surface area contributed by atoms with Crippen LogP contribution in [0.1, 0.15) is 31.9 Å². The van der Waals surface area contributed by atoms with Gasteiger partial charge in [0.05, 0.1) is 16.6 Å². The second-order valence-corrected chi connectivity index (χ2v) is 8.05. The first kappa shape index (κ1) is 23.7. The second-order valence-electron chi connectivity index (χ2n) is 7.02. The molecule has 3 amide bonds. The maximum atomic E-state index is 12.9. The van der Waals surface area contributed by atoms with E-state index in [2.05, 4.69) is 32.4 Å². The minimum Gasteiger partial charge on any atom is -0.331 e. The number of hydrogen-bond acceptors (Lipinski definition) is 5. The molecule has 1 aromatic carbocycles.